The normalized spacial score (nSPS) is 41.7. The summed E-state index contributed by atoms with van der Waals surface area (Å²) in [6, 6.07) is 0. The van der Waals surface area contributed by atoms with Crippen LogP contribution in [0.25, 0.3) is 0 Å². The van der Waals surface area contributed by atoms with Crippen molar-refractivity contribution < 1.29 is 13.9 Å². The Balaban J connectivity index is 2.31. The lowest BCUT2D eigenvalue weighted by atomic mass is 10.1. The number of hydrogen-bond donors (Lipinski definition) is 1. The third-order valence-corrected chi connectivity index (χ3v) is 2.93. The molecule has 0 radical (unpaired) electrons. The lowest BCUT2D eigenvalue weighted by molar-refractivity contribution is 0.0749. The van der Waals surface area contributed by atoms with Crippen LogP contribution in [0.2, 0.25) is 0 Å². The summed E-state index contributed by atoms with van der Waals surface area (Å²) in [5.41, 5.74) is 0. The van der Waals surface area contributed by atoms with Crippen LogP contribution in [0.15, 0.2) is 0 Å². The summed E-state index contributed by atoms with van der Waals surface area (Å²) < 4.78 is 10.2. The molecule has 1 fully saturated rings. The molecule has 1 heterocycles. The maximum absolute atomic E-state index is 9.25. The van der Waals surface area contributed by atoms with E-state index in [1.807, 2.05) is 0 Å². The molecule has 0 atom stereocenters. The fraction of sp³-hybridized carbons (Fsp3) is 1.00. The van der Waals surface area contributed by atoms with E-state index in [9.17, 15) is 4.89 Å². The van der Waals surface area contributed by atoms with Crippen molar-refractivity contribution in [3.63, 3.8) is 0 Å². The highest BCUT2D eigenvalue weighted by Crippen LogP contribution is 2.55. The highest BCUT2D eigenvalue weighted by Gasteiger charge is 2.39. The largest absolute Gasteiger partial charge is 0.405 e. The predicted molar refractivity (Wildman–Crippen MR) is 40.7 cm³/mol. The zero-order chi connectivity index (χ0) is 7.61. The summed E-state index contributed by atoms with van der Waals surface area (Å²) in [6.07, 6.45) is 1.06. The summed E-state index contributed by atoms with van der Waals surface area (Å²) in [6.45, 7) is 5.02. The second kappa shape index (κ2) is 3.14. The standard InChI is InChI=1S/C6H14O3P/c1-3-6-4-8-10(2,7)9-5-6/h6-7H,3-5H2,1-2H3/q+1. The molecule has 1 rings (SSSR count). The van der Waals surface area contributed by atoms with Gasteiger partial charge in [-0.05, 0) is 6.42 Å². The van der Waals surface area contributed by atoms with E-state index in [1.54, 1.807) is 6.66 Å². The first-order valence-electron chi connectivity index (χ1n) is 3.52. The Kier molecular flexibility index (Phi) is 2.64. The van der Waals surface area contributed by atoms with E-state index in [4.69, 9.17) is 9.05 Å². The molecule has 1 N–H and O–H groups in total. The Labute approximate surface area is 61.9 Å². The number of rotatable bonds is 1. The predicted octanol–water partition coefficient (Wildman–Crippen LogP) is 1.44. The van der Waals surface area contributed by atoms with Gasteiger partial charge in [-0.3, -0.25) is 0 Å². The van der Waals surface area contributed by atoms with Crippen LogP contribution in [0.5, 0.6) is 0 Å². The van der Waals surface area contributed by atoms with Crippen molar-refractivity contribution in [1.29, 1.82) is 0 Å². The first-order chi connectivity index (χ1) is 4.64. The van der Waals surface area contributed by atoms with Crippen molar-refractivity contribution >= 4 is 7.94 Å². The minimum Gasteiger partial charge on any atom is -0.193 e. The van der Waals surface area contributed by atoms with Gasteiger partial charge in [0.25, 0.3) is 0 Å². The van der Waals surface area contributed by atoms with Gasteiger partial charge in [-0.25, -0.2) is 0 Å². The van der Waals surface area contributed by atoms with Crippen molar-refractivity contribution in [3.05, 3.63) is 0 Å². The second-order valence-corrected chi connectivity index (χ2v) is 4.79. The molecule has 0 aliphatic carbocycles. The lowest BCUT2D eigenvalue weighted by Crippen LogP contribution is -2.22. The molecule has 0 aromatic carbocycles. The fourth-order valence-electron chi connectivity index (χ4n) is 0.808. The minimum atomic E-state index is -2.39. The molecular formula is C6H14O3P+. The van der Waals surface area contributed by atoms with Gasteiger partial charge < -0.3 is 0 Å². The molecular weight excluding hydrogens is 151 g/mol. The monoisotopic (exact) mass is 165 g/mol. The van der Waals surface area contributed by atoms with Crippen LogP contribution < -0.4 is 0 Å². The molecule has 0 saturated carbocycles. The Hall–Kier alpha value is 0.310. The molecule has 10 heavy (non-hydrogen) atoms. The van der Waals surface area contributed by atoms with Crippen LogP contribution in [-0.2, 0) is 9.05 Å². The van der Waals surface area contributed by atoms with Gasteiger partial charge in [0, 0.05) is 5.92 Å². The third kappa shape index (κ3) is 2.17. The van der Waals surface area contributed by atoms with E-state index in [1.165, 1.54) is 0 Å². The van der Waals surface area contributed by atoms with Gasteiger partial charge in [-0.15, -0.1) is 0 Å². The highest BCUT2D eigenvalue weighted by atomic mass is 31.2. The zero-order valence-corrected chi connectivity index (χ0v) is 7.30. The molecule has 0 spiro atoms. The van der Waals surface area contributed by atoms with E-state index >= 15 is 0 Å². The topological polar surface area (TPSA) is 38.7 Å². The maximum Gasteiger partial charge on any atom is 0.405 e. The average molecular weight is 165 g/mol. The molecule has 1 aliphatic rings. The molecule has 3 nitrogen and oxygen atoms in total. The Morgan fingerprint density at radius 2 is 2.00 bits per heavy atom. The molecule has 4 heteroatoms. The van der Waals surface area contributed by atoms with Crippen LogP contribution in [-0.4, -0.2) is 24.8 Å². The van der Waals surface area contributed by atoms with Gasteiger partial charge >= 0.3 is 7.94 Å². The highest BCUT2D eigenvalue weighted by molar-refractivity contribution is 7.59. The van der Waals surface area contributed by atoms with Crippen molar-refractivity contribution in [1.82, 2.24) is 0 Å². The number of hydrogen-bond acceptors (Lipinski definition) is 3. The van der Waals surface area contributed by atoms with Gasteiger partial charge in [0.1, 0.15) is 19.9 Å². The van der Waals surface area contributed by atoms with Gasteiger partial charge in [0.15, 0.2) is 0 Å². The Bertz CT molecular complexity index is 106. The van der Waals surface area contributed by atoms with Gasteiger partial charge in [0.2, 0.25) is 0 Å². The molecule has 0 bridgehead atoms. The van der Waals surface area contributed by atoms with Gasteiger partial charge in [0.05, 0.1) is 0 Å². The quantitative estimate of drug-likeness (QED) is 0.597. The SMILES string of the molecule is CCC1CO[P+](C)(O)OC1. The van der Waals surface area contributed by atoms with Crippen molar-refractivity contribution in [2.75, 3.05) is 19.9 Å². The van der Waals surface area contributed by atoms with Crippen molar-refractivity contribution in [2.24, 2.45) is 5.92 Å². The summed E-state index contributed by atoms with van der Waals surface area (Å²) in [7, 11) is -2.39. The first kappa shape index (κ1) is 8.41. The van der Waals surface area contributed by atoms with Crippen LogP contribution in [0.3, 0.4) is 0 Å². The molecule has 0 amide bonds. The molecule has 0 unspecified atom stereocenters. The van der Waals surface area contributed by atoms with Gasteiger partial charge in [-0.1, -0.05) is 6.92 Å². The lowest BCUT2D eigenvalue weighted by Gasteiger charge is -2.23. The first-order valence-corrected chi connectivity index (χ1v) is 5.55. The van der Waals surface area contributed by atoms with Crippen molar-refractivity contribution in [2.45, 2.75) is 13.3 Å². The third-order valence-electron chi connectivity index (χ3n) is 1.68. The van der Waals surface area contributed by atoms with Crippen LogP contribution >= 0.6 is 7.94 Å². The molecule has 0 aromatic rings. The summed E-state index contributed by atoms with van der Waals surface area (Å²) >= 11 is 0. The smallest absolute Gasteiger partial charge is 0.193 e. The van der Waals surface area contributed by atoms with E-state index in [2.05, 4.69) is 6.92 Å². The summed E-state index contributed by atoms with van der Waals surface area (Å²) in [5, 5.41) is 0. The van der Waals surface area contributed by atoms with Crippen LogP contribution in [0.4, 0.5) is 0 Å². The maximum atomic E-state index is 9.25. The Morgan fingerprint density at radius 1 is 1.50 bits per heavy atom. The van der Waals surface area contributed by atoms with E-state index in [0.29, 0.717) is 19.1 Å². The van der Waals surface area contributed by atoms with E-state index in [-0.39, 0.29) is 0 Å². The minimum absolute atomic E-state index is 0.472. The molecule has 0 aromatic heterocycles. The molecule has 1 aliphatic heterocycles. The van der Waals surface area contributed by atoms with Crippen LogP contribution in [0, 0.1) is 5.92 Å². The van der Waals surface area contributed by atoms with Crippen molar-refractivity contribution in [3.8, 4) is 0 Å². The summed E-state index contributed by atoms with van der Waals surface area (Å²) in [4.78, 5) is 9.25. The second-order valence-electron chi connectivity index (χ2n) is 2.67. The Morgan fingerprint density at radius 3 is 2.40 bits per heavy atom. The van der Waals surface area contributed by atoms with E-state index < -0.39 is 7.94 Å². The summed E-state index contributed by atoms with van der Waals surface area (Å²) in [5.74, 6) is 0.472. The van der Waals surface area contributed by atoms with E-state index in [0.717, 1.165) is 6.42 Å². The average Bonchev–Trinajstić information content (AvgIpc) is 1.88. The van der Waals surface area contributed by atoms with Crippen LogP contribution in [0.1, 0.15) is 13.3 Å². The molecule has 60 valence electrons. The zero-order valence-electron chi connectivity index (χ0n) is 6.41. The van der Waals surface area contributed by atoms with Gasteiger partial charge in [-0.2, -0.15) is 13.9 Å². The fourth-order valence-corrected chi connectivity index (χ4v) is 1.86. The molecule has 1 saturated heterocycles.